The standard InChI is InChI=1S/C18H18F3N3O4S/c19-18(20,21)12-3-1-4-13(9-12)22-11-17(26)23-15-10-14(5-6-16(15)25)24-7-2-8-29(24,27)28/h1,3-6,9-10,22,25H,2,7-8,11H2,(H,23,26). The van der Waals surface area contributed by atoms with Crippen molar-refractivity contribution in [1.29, 1.82) is 0 Å². The van der Waals surface area contributed by atoms with E-state index < -0.39 is 27.7 Å². The first kappa shape index (κ1) is 20.8. The largest absolute Gasteiger partial charge is 0.506 e. The van der Waals surface area contributed by atoms with Crippen LogP contribution in [0.5, 0.6) is 5.75 Å². The van der Waals surface area contributed by atoms with Crippen LogP contribution in [0.3, 0.4) is 0 Å². The van der Waals surface area contributed by atoms with E-state index in [1.165, 1.54) is 34.6 Å². The normalized spacial score (nSPS) is 15.9. The van der Waals surface area contributed by atoms with Crippen molar-refractivity contribution in [3.05, 3.63) is 48.0 Å². The fourth-order valence-electron chi connectivity index (χ4n) is 2.89. The molecule has 2 aromatic rings. The molecule has 2 aromatic carbocycles. The van der Waals surface area contributed by atoms with Crippen molar-refractivity contribution < 1.29 is 31.5 Å². The van der Waals surface area contributed by atoms with E-state index in [0.717, 1.165) is 12.1 Å². The molecule has 0 aromatic heterocycles. The third-order valence-corrected chi connectivity index (χ3v) is 6.15. The van der Waals surface area contributed by atoms with E-state index in [1.54, 1.807) is 0 Å². The van der Waals surface area contributed by atoms with E-state index in [4.69, 9.17) is 0 Å². The van der Waals surface area contributed by atoms with E-state index >= 15 is 0 Å². The summed E-state index contributed by atoms with van der Waals surface area (Å²) < 4.78 is 63.5. The Hall–Kier alpha value is -2.95. The summed E-state index contributed by atoms with van der Waals surface area (Å²) in [5.41, 5.74) is -0.432. The zero-order valence-electron chi connectivity index (χ0n) is 15.0. The molecule has 3 rings (SSSR count). The van der Waals surface area contributed by atoms with Gasteiger partial charge in [0.05, 0.1) is 29.2 Å². The molecule has 1 fully saturated rings. The molecular weight excluding hydrogens is 411 g/mol. The number of benzene rings is 2. The maximum absolute atomic E-state index is 12.7. The molecule has 11 heteroatoms. The number of halogens is 3. The van der Waals surface area contributed by atoms with Crippen LogP contribution in [0, 0.1) is 0 Å². The lowest BCUT2D eigenvalue weighted by Crippen LogP contribution is -2.25. The zero-order valence-corrected chi connectivity index (χ0v) is 15.8. The summed E-state index contributed by atoms with van der Waals surface area (Å²) in [7, 11) is -3.43. The molecule has 1 aliphatic rings. The SMILES string of the molecule is O=C(CNc1cccc(C(F)(F)F)c1)Nc1cc(N2CCCS2(=O)=O)ccc1O. The molecule has 156 valence electrons. The number of carbonyl (C=O) groups is 1. The second-order valence-electron chi connectivity index (χ2n) is 6.42. The van der Waals surface area contributed by atoms with Gasteiger partial charge in [-0.3, -0.25) is 9.10 Å². The number of nitrogens with one attached hydrogen (secondary N) is 2. The van der Waals surface area contributed by atoms with Crippen molar-refractivity contribution in [2.24, 2.45) is 0 Å². The Bertz CT molecular complexity index is 1030. The third kappa shape index (κ3) is 4.91. The highest BCUT2D eigenvalue weighted by Crippen LogP contribution is 2.32. The van der Waals surface area contributed by atoms with Crippen LogP contribution < -0.4 is 14.9 Å². The summed E-state index contributed by atoms with van der Waals surface area (Å²) in [5, 5.41) is 14.9. The Kier molecular flexibility index (Phi) is 5.60. The van der Waals surface area contributed by atoms with Crippen LogP contribution in [-0.4, -0.2) is 38.3 Å². The number of hydrogen-bond donors (Lipinski definition) is 3. The fraction of sp³-hybridized carbons (Fsp3) is 0.278. The monoisotopic (exact) mass is 429 g/mol. The minimum Gasteiger partial charge on any atom is -0.506 e. The molecule has 0 radical (unpaired) electrons. The van der Waals surface area contributed by atoms with E-state index in [1.807, 2.05) is 0 Å². The van der Waals surface area contributed by atoms with Crippen LogP contribution in [0.1, 0.15) is 12.0 Å². The quantitative estimate of drug-likeness (QED) is 0.635. The molecule has 1 saturated heterocycles. The summed E-state index contributed by atoms with van der Waals surface area (Å²) in [6, 6.07) is 8.42. The van der Waals surface area contributed by atoms with Crippen molar-refractivity contribution in [2.75, 3.05) is 33.8 Å². The lowest BCUT2D eigenvalue weighted by Gasteiger charge is -2.18. The first-order valence-electron chi connectivity index (χ1n) is 8.61. The van der Waals surface area contributed by atoms with Crippen molar-refractivity contribution in [1.82, 2.24) is 0 Å². The van der Waals surface area contributed by atoms with Gasteiger partial charge in [0.2, 0.25) is 15.9 Å². The highest BCUT2D eigenvalue weighted by Gasteiger charge is 2.30. The highest BCUT2D eigenvalue weighted by atomic mass is 32.2. The molecule has 1 amide bonds. The van der Waals surface area contributed by atoms with Gasteiger partial charge in [-0.2, -0.15) is 13.2 Å². The number of alkyl halides is 3. The molecule has 0 aliphatic carbocycles. The minimum absolute atomic E-state index is 0.000409. The van der Waals surface area contributed by atoms with Gasteiger partial charge >= 0.3 is 6.18 Å². The molecule has 1 aliphatic heterocycles. The molecular formula is C18H18F3N3O4S. The van der Waals surface area contributed by atoms with Gasteiger partial charge in [0.15, 0.2) is 0 Å². The number of hydrogen-bond acceptors (Lipinski definition) is 5. The van der Waals surface area contributed by atoms with Gasteiger partial charge in [-0.05, 0) is 42.8 Å². The molecule has 0 bridgehead atoms. The van der Waals surface area contributed by atoms with Gasteiger partial charge in [-0.25, -0.2) is 8.42 Å². The van der Waals surface area contributed by atoms with Gasteiger partial charge < -0.3 is 15.7 Å². The Labute approximate surface area is 165 Å². The number of carbonyl (C=O) groups excluding carboxylic acids is 1. The zero-order chi connectivity index (χ0) is 21.2. The van der Waals surface area contributed by atoms with Crippen LogP contribution >= 0.6 is 0 Å². The maximum atomic E-state index is 12.7. The number of nitrogens with zero attached hydrogens (tertiary/aromatic N) is 1. The topological polar surface area (TPSA) is 98.7 Å². The van der Waals surface area contributed by atoms with Crippen LogP contribution in [0.15, 0.2) is 42.5 Å². The van der Waals surface area contributed by atoms with Gasteiger partial charge in [-0.1, -0.05) is 6.07 Å². The minimum atomic E-state index is -4.50. The lowest BCUT2D eigenvalue weighted by atomic mass is 10.2. The van der Waals surface area contributed by atoms with Crippen molar-refractivity contribution in [2.45, 2.75) is 12.6 Å². The number of aromatic hydroxyl groups is 1. The van der Waals surface area contributed by atoms with E-state index in [9.17, 15) is 31.5 Å². The van der Waals surface area contributed by atoms with E-state index in [2.05, 4.69) is 10.6 Å². The molecule has 29 heavy (non-hydrogen) atoms. The number of phenols is 1. The molecule has 0 spiro atoms. The Morgan fingerprint density at radius 3 is 2.59 bits per heavy atom. The summed E-state index contributed by atoms with van der Waals surface area (Å²) in [4.78, 5) is 12.1. The molecule has 0 atom stereocenters. The van der Waals surface area contributed by atoms with Crippen molar-refractivity contribution in [3.8, 4) is 5.75 Å². The maximum Gasteiger partial charge on any atom is 0.416 e. The predicted molar refractivity (Wildman–Crippen MR) is 102 cm³/mol. The fourth-order valence-corrected chi connectivity index (χ4v) is 4.45. The number of rotatable bonds is 5. The summed E-state index contributed by atoms with van der Waals surface area (Å²) in [6.07, 6.45) is -4.02. The van der Waals surface area contributed by atoms with Crippen LogP contribution in [-0.2, 0) is 21.0 Å². The lowest BCUT2D eigenvalue weighted by molar-refractivity contribution is -0.137. The van der Waals surface area contributed by atoms with Crippen LogP contribution in [0.2, 0.25) is 0 Å². The highest BCUT2D eigenvalue weighted by molar-refractivity contribution is 7.93. The Balaban J connectivity index is 1.67. The van der Waals surface area contributed by atoms with Gasteiger partial charge in [-0.15, -0.1) is 0 Å². The number of anilines is 3. The molecule has 3 N–H and O–H groups in total. The Morgan fingerprint density at radius 1 is 1.17 bits per heavy atom. The van der Waals surface area contributed by atoms with Crippen LogP contribution in [0.25, 0.3) is 0 Å². The molecule has 0 saturated carbocycles. The third-order valence-electron chi connectivity index (χ3n) is 4.28. The summed E-state index contributed by atoms with van der Waals surface area (Å²) in [5.74, 6) is -0.867. The molecule has 7 nitrogen and oxygen atoms in total. The second kappa shape index (κ2) is 7.82. The predicted octanol–water partition coefficient (Wildman–Crippen LogP) is 3.00. The van der Waals surface area contributed by atoms with Crippen LogP contribution in [0.4, 0.5) is 30.2 Å². The van der Waals surface area contributed by atoms with Crippen molar-refractivity contribution in [3.63, 3.8) is 0 Å². The van der Waals surface area contributed by atoms with Gasteiger partial charge in [0, 0.05) is 12.2 Å². The number of sulfonamides is 1. The summed E-state index contributed by atoms with van der Waals surface area (Å²) >= 11 is 0. The van der Waals surface area contributed by atoms with Crippen molar-refractivity contribution >= 4 is 33.0 Å². The number of amides is 1. The summed E-state index contributed by atoms with van der Waals surface area (Å²) in [6.45, 7) is -0.0510. The molecule has 0 unspecified atom stereocenters. The molecule has 1 heterocycles. The van der Waals surface area contributed by atoms with Gasteiger partial charge in [0.1, 0.15) is 5.75 Å². The first-order chi connectivity index (χ1) is 13.6. The smallest absolute Gasteiger partial charge is 0.416 e. The number of phenolic OH excluding ortho intramolecular Hbond substituents is 1. The average molecular weight is 429 g/mol. The average Bonchev–Trinajstić information content (AvgIpc) is 3.00. The Morgan fingerprint density at radius 2 is 1.93 bits per heavy atom. The van der Waals surface area contributed by atoms with E-state index in [-0.39, 0.29) is 29.4 Å². The second-order valence-corrected chi connectivity index (χ2v) is 8.44. The van der Waals surface area contributed by atoms with E-state index in [0.29, 0.717) is 18.7 Å². The van der Waals surface area contributed by atoms with Gasteiger partial charge in [0.25, 0.3) is 0 Å². The first-order valence-corrected chi connectivity index (χ1v) is 10.2.